The Morgan fingerprint density at radius 3 is 2.43 bits per heavy atom. The van der Waals surface area contributed by atoms with Gasteiger partial charge in [-0.2, -0.15) is 0 Å². The first-order valence-corrected chi connectivity index (χ1v) is 10.8. The van der Waals surface area contributed by atoms with Crippen LogP contribution in [0, 0.1) is 0 Å². The second kappa shape index (κ2) is 9.87. The Morgan fingerprint density at radius 1 is 0.967 bits per heavy atom. The Hall–Kier alpha value is -2.70. The second-order valence-electron chi connectivity index (χ2n) is 7.87. The molecule has 6 heteroatoms. The Balaban J connectivity index is 1.19. The normalized spacial score (nSPS) is 15.5. The van der Waals surface area contributed by atoms with Gasteiger partial charge in [-0.25, -0.2) is 4.98 Å². The third kappa shape index (κ3) is 5.07. The van der Waals surface area contributed by atoms with Crippen LogP contribution in [0.2, 0.25) is 0 Å². The molecular formula is C24H30N4O2. The summed E-state index contributed by atoms with van der Waals surface area (Å²) in [6.45, 7) is 9.62. The zero-order chi connectivity index (χ0) is 20.8. The molecule has 0 aliphatic carbocycles. The van der Waals surface area contributed by atoms with Crippen LogP contribution >= 0.6 is 0 Å². The molecule has 1 aliphatic heterocycles. The molecule has 1 saturated heterocycles. The van der Waals surface area contributed by atoms with E-state index in [2.05, 4.69) is 19.4 Å². The van der Waals surface area contributed by atoms with Gasteiger partial charge in [0.2, 0.25) is 0 Å². The average Bonchev–Trinajstić information content (AvgIpc) is 3.15. The number of Topliss-reactive ketones (excluding diaryl/α,β-unsaturated/α-hetero) is 1. The maximum atomic E-state index is 11.9. The highest BCUT2D eigenvalue weighted by Gasteiger charge is 2.17. The van der Waals surface area contributed by atoms with Crippen LogP contribution in [0.4, 0.5) is 0 Å². The molecule has 0 saturated carbocycles. The number of carbonyl (C=O) groups is 1. The van der Waals surface area contributed by atoms with Crippen molar-refractivity contribution in [3.8, 4) is 5.75 Å². The van der Waals surface area contributed by atoms with Crippen molar-refractivity contribution in [2.75, 3.05) is 45.9 Å². The van der Waals surface area contributed by atoms with Crippen LogP contribution in [0.15, 0.2) is 54.9 Å². The highest BCUT2D eigenvalue weighted by atomic mass is 16.5. The van der Waals surface area contributed by atoms with E-state index in [1.807, 2.05) is 48.7 Å². The fourth-order valence-corrected chi connectivity index (χ4v) is 4.08. The van der Waals surface area contributed by atoms with Crippen molar-refractivity contribution >= 4 is 16.8 Å². The van der Waals surface area contributed by atoms with Gasteiger partial charge in [0, 0.05) is 62.6 Å². The minimum Gasteiger partial charge on any atom is -0.492 e. The topological polar surface area (TPSA) is 50.6 Å². The predicted molar refractivity (Wildman–Crippen MR) is 119 cm³/mol. The first kappa shape index (κ1) is 20.6. The van der Waals surface area contributed by atoms with Gasteiger partial charge in [-0.3, -0.25) is 9.69 Å². The van der Waals surface area contributed by atoms with E-state index in [4.69, 9.17) is 4.74 Å². The Bertz CT molecular complexity index is 962. The molecule has 0 atom stereocenters. The Morgan fingerprint density at radius 2 is 1.70 bits per heavy atom. The zero-order valence-electron chi connectivity index (χ0n) is 17.7. The van der Waals surface area contributed by atoms with Gasteiger partial charge in [0.25, 0.3) is 0 Å². The molecule has 0 unspecified atom stereocenters. The number of hydrogen-bond acceptors (Lipinski definition) is 5. The summed E-state index contributed by atoms with van der Waals surface area (Å²) in [6, 6.07) is 13.9. The highest BCUT2D eigenvalue weighted by Crippen LogP contribution is 2.20. The molecule has 1 aliphatic rings. The van der Waals surface area contributed by atoms with E-state index in [0.717, 1.165) is 81.2 Å². The smallest absolute Gasteiger partial charge is 0.162 e. The van der Waals surface area contributed by atoms with Crippen molar-refractivity contribution in [2.24, 2.45) is 0 Å². The molecular weight excluding hydrogens is 376 g/mol. The summed E-state index contributed by atoms with van der Waals surface area (Å²) >= 11 is 0. The number of ether oxygens (including phenoxy) is 1. The first-order chi connectivity index (χ1) is 14.7. The molecule has 1 fully saturated rings. The number of benzene rings is 1. The van der Waals surface area contributed by atoms with Crippen LogP contribution < -0.4 is 4.74 Å². The van der Waals surface area contributed by atoms with E-state index in [1.54, 1.807) is 13.1 Å². The van der Waals surface area contributed by atoms with Crippen LogP contribution in [-0.2, 0) is 6.54 Å². The first-order valence-electron chi connectivity index (χ1n) is 10.8. The Kier molecular flexibility index (Phi) is 6.77. The highest BCUT2D eigenvalue weighted by molar-refractivity contribution is 6.06. The number of hydrogen-bond donors (Lipinski definition) is 0. The van der Waals surface area contributed by atoms with Gasteiger partial charge in [0.05, 0.1) is 0 Å². The zero-order valence-corrected chi connectivity index (χ0v) is 17.7. The molecule has 3 aromatic rings. The van der Waals surface area contributed by atoms with Crippen molar-refractivity contribution in [2.45, 2.75) is 19.9 Å². The van der Waals surface area contributed by atoms with Crippen molar-refractivity contribution in [3.63, 3.8) is 0 Å². The molecule has 2 aromatic heterocycles. The lowest BCUT2D eigenvalue weighted by molar-refractivity contribution is 0.101. The summed E-state index contributed by atoms with van der Waals surface area (Å²) in [5.41, 5.74) is 1.68. The maximum absolute atomic E-state index is 11.9. The molecule has 0 radical (unpaired) electrons. The lowest BCUT2D eigenvalue weighted by Gasteiger charge is -2.34. The van der Waals surface area contributed by atoms with Crippen molar-refractivity contribution < 1.29 is 9.53 Å². The van der Waals surface area contributed by atoms with Gasteiger partial charge in [0.15, 0.2) is 5.78 Å². The van der Waals surface area contributed by atoms with Crippen molar-refractivity contribution in [1.29, 1.82) is 0 Å². The molecule has 30 heavy (non-hydrogen) atoms. The number of pyridine rings is 1. The fourth-order valence-electron chi connectivity index (χ4n) is 4.08. The maximum Gasteiger partial charge on any atom is 0.162 e. The number of aromatic nitrogens is 2. The number of piperazine rings is 1. The lowest BCUT2D eigenvalue weighted by Crippen LogP contribution is -2.47. The van der Waals surface area contributed by atoms with Gasteiger partial charge < -0.3 is 14.2 Å². The lowest BCUT2D eigenvalue weighted by atomic mass is 10.2. The monoisotopic (exact) mass is 406 g/mol. The molecule has 6 nitrogen and oxygen atoms in total. The summed E-state index contributed by atoms with van der Waals surface area (Å²) in [7, 11) is 0. The average molecular weight is 407 g/mol. The van der Waals surface area contributed by atoms with E-state index >= 15 is 0 Å². The van der Waals surface area contributed by atoms with Crippen LogP contribution in [0.3, 0.4) is 0 Å². The molecule has 1 aromatic carbocycles. The van der Waals surface area contributed by atoms with Gasteiger partial charge in [-0.1, -0.05) is 18.2 Å². The number of para-hydroxylation sites is 1. The predicted octanol–water partition coefficient (Wildman–Crippen LogP) is 3.33. The van der Waals surface area contributed by atoms with Crippen LogP contribution in [0.25, 0.3) is 11.0 Å². The van der Waals surface area contributed by atoms with E-state index in [1.165, 1.54) is 0 Å². The minimum absolute atomic E-state index is 0.0964. The molecule has 0 bridgehead atoms. The van der Waals surface area contributed by atoms with E-state index in [-0.39, 0.29) is 5.78 Å². The largest absolute Gasteiger partial charge is 0.492 e. The number of ketones is 1. The number of carbonyl (C=O) groups excluding carboxylic acids is 1. The SMILES string of the molecule is CC(=O)c1cn(CCCN2CCN(CCOc3ccccc3)CC2)c2ncccc12. The van der Waals surface area contributed by atoms with Gasteiger partial charge in [-0.05, 0) is 44.2 Å². The van der Waals surface area contributed by atoms with E-state index in [0.29, 0.717) is 0 Å². The summed E-state index contributed by atoms with van der Waals surface area (Å²) in [6.07, 6.45) is 4.81. The van der Waals surface area contributed by atoms with Gasteiger partial charge in [0.1, 0.15) is 18.0 Å². The van der Waals surface area contributed by atoms with Crippen LogP contribution in [0.1, 0.15) is 23.7 Å². The number of nitrogens with zero attached hydrogens (tertiary/aromatic N) is 4. The number of fused-ring (bicyclic) bond motifs is 1. The number of aryl methyl sites for hydroxylation is 1. The second-order valence-corrected chi connectivity index (χ2v) is 7.87. The molecule has 4 rings (SSSR count). The molecule has 0 spiro atoms. The van der Waals surface area contributed by atoms with E-state index in [9.17, 15) is 4.79 Å². The minimum atomic E-state index is 0.0964. The van der Waals surface area contributed by atoms with E-state index < -0.39 is 0 Å². The molecule has 158 valence electrons. The third-order valence-electron chi connectivity index (χ3n) is 5.77. The fraction of sp³-hybridized carbons (Fsp3) is 0.417. The summed E-state index contributed by atoms with van der Waals surface area (Å²) in [5.74, 6) is 1.04. The van der Waals surface area contributed by atoms with Gasteiger partial charge >= 0.3 is 0 Å². The third-order valence-corrected chi connectivity index (χ3v) is 5.77. The molecule has 0 N–H and O–H groups in total. The summed E-state index contributed by atoms with van der Waals surface area (Å²) in [4.78, 5) is 21.4. The quantitative estimate of drug-likeness (QED) is 0.510. The summed E-state index contributed by atoms with van der Waals surface area (Å²) < 4.78 is 7.94. The molecule has 0 amide bonds. The van der Waals surface area contributed by atoms with Crippen molar-refractivity contribution in [1.82, 2.24) is 19.4 Å². The standard InChI is InChI=1S/C24H30N4O2/c1-20(29)23-19-28(24-22(23)9-5-10-25-24)12-6-11-26-13-15-27(16-14-26)17-18-30-21-7-3-2-4-8-21/h2-5,7-10,19H,6,11-18H2,1H3. The van der Waals surface area contributed by atoms with Gasteiger partial charge in [-0.15, -0.1) is 0 Å². The van der Waals surface area contributed by atoms with Crippen LogP contribution in [-0.4, -0.2) is 71.0 Å². The Labute approximate surface area is 178 Å². The van der Waals surface area contributed by atoms with Crippen LogP contribution in [0.5, 0.6) is 5.75 Å². The molecule has 3 heterocycles. The summed E-state index contributed by atoms with van der Waals surface area (Å²) in [5, 5.41) is 0.955. The van der Waals surface area contributed by atoms with Crippen molar-refractivity contribution in [3.05, 3.63) is 60.4 Å². The number of rotatable bonds is 9.